The average Bonchev–Trinajstić information content (AvgIpc) is 2.38. The zero-order chi connectivity index (χ0) is 13.8. The van der Waals surface area contributed by atoms with Crippen molar-refractivity contribution in [2.45, 2.75) is 33.1 Å². The van der Waals surface area contributed by atoms with E-state index >= 15 is 0 Å². The van der Waals surface area contributed by atoms with Crippen molar-refractivity contribution in [2.75, 3.05) is 5.73 Å². The molecule has 0 fully saturated rings. The largest absolute Gasteiger partial charge is 0.383 e. The molecule has 3 nitrogen and oxygen atoms in total. The van der Waals surface area contributed by atoms with Gasteiger partial charge in [-0.3, -0.25) is 0 Å². The highest BCUT2D eigenvalue weighted by atomic mass is 127. The van der Waals surface area contributed by atoms with E-state index in [9.17, 15) is 0 Å². The van der Waals surface area contributed by atoms with Crippen molar-refractivity contribution in [1.29, 1.82) is 0 Å². The Balaban J connectivity index is 2.33. The molecule has 0 aliphatic heterocycles. The lowest BCUT2D eigenvalue weighted by Gasteiger charge is -2.09. The lowest BCUT2D eigenvalue weighted by molar-refractivity contribution is 0.835. The molecule has 1 heterocycles. The SMILES string of the molecule is CCCc1nc(Cc2ccccc2C)nc(N)c1I. The van der Waals surface area contributed by atoms with Crippen LogP contribution < -0.4 is 5.73 Å². The minimum absolute atomic E-state index is 0.600. The molecule has 0 aliphatic rings. The van der Waals surface area contributed by atoms with Crippen molar-refractivity contribution in [1.82, 2.24) is 9.97 Å². The van der Waals surface area contributed by atoms with Gasteiger partial charge in [-0.05, 0) is 47.1 Å². The molecule has 2 rings (SSSR count). The van der Waals surface area contributed by atoms with E-state index in [1.54, 1.807) is 0 Å². The molecule has 0 unspecified atom stereocenters. The molecule has 2 aromatic rings. The molecular formula is C15H18IN3. The number of nitrogen functional groups attached to an aromatic ring is 1. The van der Waals surface area contributed by atoms with Crippen molar-refractivity contribution in [3.63, 3.8) is 0 Å². The molecular weight excluding hydrogens is 349 g/mol. The van der Waals surface area contributed by atoms with Gasteiger partial charge < -0.3 is 5.73 Å². The Morgan fingerprint density at radius 2 is 1.95 bits per heavy atom. The standard InChI is InChI=1S/C15H18IN3/c1-3-6-12-14(16)15(17)19-13(18-12)9-11-8-5-4-7-10(11)2/h4-5,7-8H,3,6,9H2,1-2H3,(H2,17,18,19). The van der Waals surface area contributed by atoms with Crippen LogP contribution in [0.5, 0.6) is 0 Å². The van der Waals surface area contributed by atoms with Crippen LogP contribution in [0.4, 0.5) is 5.82 Å². The topological polar surface area (TPSA) is 51.8 Å². The molecule has 0 saturated heterocycles. The molecule has 100 valence electrons. The summed E-state index contributed by atoms with van der Waals surface area (Å²) < 4.78 is 0.994. The molecule has 2 N–H and O–H groups in total. The van der Waals surface area contributed by atoms with Gasteiger partial charge in [0.25, 0.3) is 0 Å². The molecule has 1 aromatic heterocycles. The fourth-order valence-corrected chi connectivity index (χ4v) is 2.54. The van der Waals surface area contributed by atoms with Crippen LogP contribution in [0.3, 0.4) is 0 Å². The molecule has 0 amide bonds. The molecule has 0 spiro atoms. The zero-order valence-electron chi connectivity index (χ0n) is 11.3. The third-order valence-corrected chi connectivity index (χ3v) is 4.26. The molecule has 0 saturated carbocycles. The van der Waals surface area contributed by atoms with Crippen LogP contribution in [0.1, 0.15) is 36.0 Å². The van der Waals surface area contributed by atoms with Crippen LogP contribution in [-0.2, 0) is 12.8 Å². The van der Waals surface area contributed by atoms with Crippen LogP contribution in [0, 0.1) is 10.5 Å². The van der Waals surface area contributed by atoms with Gasteiger partial charge in [0.1, 0.15) is 11.6 Å². The second-order valence-electron chi connectivity index (χ2n) is 4.64. The van der Waals surface area contributed by atoms with Crippen molar-refractivity contribution >= 4 is 28.4 Å². The highest BCUT2D eigenvalue weighted by Crippen LogP contribution is 2.19. The van der Waals surface area contributed by atoms with Gasteiger partial charge in [0.05, 0.1) is 9.26 Å². The van der Waals surface area contributed by atoms with Gasteiger partial charge >= 0.3 is 0 Å². The highest BCUT2D eigenvalue weighted by Gasteiger charge is 2.10. The molecule has 1 aromatic carbocycles. The Bertz CT molecular complexity index is 582. The van der Waals surface area contributed by atoms with Gasteiger partial charge in [-0.2, -0.15) is 0 Å². The van der Waals surface area contributed by atoms with Crippen molar-refractivity contribution < 1.29 is 0 Å². The van der Waals surface area contributed by atoms with Crippen molar-refractivity contribution in [3.05, 3.63) is 50.5 Å². The van der Waals surface area contributed by atoms with E-state index in [-0.39, 0.29) is 0 Å². The maximum Gasteiger partial charge on any atom is 0.140 e. The third kappa shape index (κ3) is 3.43. The zero-order valence-corrected chi connectivity index (χ0v) is 13.4. The van der Waals surface area contributed by atoms with Gasteiger partial charge in [-0.15, -0.1) is 0 Å². The van der Waals surface area contributed by atoms with Crippen LogP contribution in [-0.4, -0.2) is 9.97 Å². The van der Waals surface area contributed by atoms with Gasteiger partial charge in [0.15, 0.2) is 0 Å². The number of hydrogen-bond acceptors (Lipinski definition) is 3. The van der Waals surface area contributed by atoms with E-state index in [2.05, 4.69) is 58.5 Å². The molecule has 4 heteroatoms. The second-order valence-corrected chi connectivity index (χ2v) is 5.72. The number of aryl methyl sites for hydroxylation is 2. The maximum absolute atomic E-state index is 5.98. The van der Waals surface area contributed by atoms with Crippen LogP contribution in [0.25, 0.3) is 0 Å². The van der Waals surface area contributed by atoms with Gasteiger partial charge in [-0.25, -0.2) is 9.97 Å². The minimum atomic E-state index is 0.600. The summed E-state index contributed by atoms with van der Waals surface area (Å²) in [6, 6.07) is 8.32. The third-order valence-electron chi connectivity index (χ3n) is 3.09. The number of hydrogen-bond donors (Lipinski definition) is 1. The Hall–Kier alpha value is -1.17. The predicted octanol–water partition coefficient (Wildman–Crippen LogP) is 3.52. The fraction of sp³-hybridized carbons (Fsp3) is 0.333. The summed E-state index contributed by atoms with van der Waals surface area (Å²) in [6.45, 7) is 4.26. The van der Waals surface area contributed by atoms with Gasteiger partial charge in [-0.1, -0.05) is 37.6 Å². The van der Waals surface area contributed by atoms with E-state index in [1.807, 2.05) is 12.1 Å². The number of benzene rings is 1. The maximum atomic E-state index is 5.98. The van der Waals surface area contributed by atoms with Crippen LogP contribution in [0.15, 0.2) is 24.3 Å². The fourth-order valence-electron chi connectivity index (χ4n) is 2.03. The predicted molar refractivity (Wildman–Crippen MR) is 87.1 cm³/mol. The quantitative estimate of drug-likeness (QED) is 0.842. The first-order valence-corrected chi connectivity index (χ1v) is 7.55. The number of nitrogens with two attached hydrogens (primary N) is 1. The van der Waals surface area contributed by atoms with Crippen LogP contribution in [0.2, 0.25) is 0 Å². The van der Waals surface area contributed by atoms with Gasteiger partial charge in [0.2, 0.25) is 0 Å². The first-order valence-electron chi connectivity index (χ1n) is 6.47. The van der Waals surface area contributed by atoms with Crippen LogP contribution >= 0.6 is 22.6 Å². The molecule has 19 heavy (non-hydrogen) atoms. The molecule has 0 bridgehead atoms. The summed E-state index contributed by atoms with van der Waals surface area (Å²) in [5.41, 5.74) is 9.57. The number of anilines is 1. The summed E-state index contributed by atoms with van der Waals surface area (Å²) >= 11 is 2.23. The average molecular weight is 367 g/mol. The molecule has 0 atom stereocenters. The summed E-state index contributed by atoms with van der Waals surface area (Å²) in [6.07, 6.45) is 2.76. The second kappa shape index (κ2) is 6.32. The number of halogens is 1. The van der Waals surface area contributed by atoms with E-state index < -0.39 is 0 Å². The smallest absolute Gasteiger partial charge is 0.140 e. The summed E-state index contributed by atoms with van der Waals surface area (Å²) in [4.78, 5) is 9.07. The highest BCUT2D eigenvalue weighted by molar-refractivity contribution is 14.1. The van der Waals surface area contributed by atoms with Crippen molar-refractivity contribution in [2.24, 2.45) is 0 Å². The molecule has 0 aliphatic carbocycles. The number of rotatable bonds is 4. The lowest BCUT2D eigenvalue weighted by atomic mass is 10.1. The van der Waals surface area contributed by atoms with E-state index in [0.29, 0.717) is 5.82 Å². The first kappa shape index (κ1) is 14.2. The summed E-state index contributed by atoms with van der Waals surface area (Å²) in [7, 11) is 0. The van der Waals surface area contributed by atoms with Gasteiger partial charge in [0, 0.05) is 6.42 Å². The van der Waals surface area contributed by atoms with E-state index in [0.717, 1.165) is 34.4 Å². The van der Waals surface area contributed by atoms with Crippen molar-refractivity contribution in [3.8, 4) is 0 Å². The Morgan fingerprint density at radius 1 is 1.21 bits per heavy atom. The Labute approximate surface area is 127 Å². The summed E-state index contributed by atoms with van der Waals surface area (Å²) in [5.74, 6) is 1.42. The lowest BCUT2D eigenvalue weighted by Crippen LogP contribution is -2.08. The summed E-state index contributed by atoms with van der Waals surface area (Å²) in [5, 5.41) is 0. The first-order chi connectivity index (χ1) is 9.11. The van der Waals surface area contributed by atoms with E-state index in [1.165, 1.54) is 11.1 Å². The Morgan fingerprint density at radius 3 is 2.63 bits per heavy atom. The number of aromatic nitrogens is 2. The molecule has 0 radical (unpaired) electrons. The minimum Gasteiger partial charge on any atom is -0.383 e. The number of nitrogens with zero attached hydrogens (tertiary/aromatic N) is 2. The van der Waals surface area contributed by atoms with E-state index in [4.69, 9.17) is 5.73 Å². The normalized spacial score (nSPS) is 10.7. The monoisotopic (exact) mass is 367 g/mol. The Kier molecular flexibility index (Phi) is 4.74.